The second-order valence-electron chi connectivity index (χ2n) is 4.28. The lowest BCUT2D eigenvalue weighted by atomic mass is 10.3. The zero-order valence-corrected chi connectivity index (χ0v) is 13.3. The van der Waals surface area contributed by atoms with E-state index < -0.39 is 0 Å². The standard InChI is InChI=1S/C12H28N2OS2/c1-11(2)14-7-5-6-9-15-12(3)17-16-10-8-13-4/h11-14H,5-10H2,1-4H3. The zero-order valence-electron chi connectivity index (χ0n) is 11.6. The van der Waals surface area contributed by atoms with Gasteiger partial charge in [-0.05, 0) is 33.4 Å². The largest absolute Gasteiger partial charge is 0.367 e. The van der Waals surface area contributed by atoms with Crippen LogP contribution in [0.4, 0.5) is 0 Å². The SMILES string of the molecule is CNCCSSC(C)OCCCCNC(C)C. The molecule has 0 aliphatic rings. The van der Waals surface area contributed by atoms with Crippen molar-refractivity contribution in [2.45, 2.75) is 45.1 Å². The molecule has 0 aliphatic carbocycles. The maximum atomic E-state index is 5.72. The summed E-state index contributed by atoms with van der Waals surface area (Å²) in [5, 5.41) is 6.54. The summed E-state index contributed by atoms with van der Waals surface area (Å²) in [6.07, 6.45) is 2.34. The lowest BCUT2D eigenvalue weighted by molar-refractivity contribution is 0.121. The molecule has 17 heavy (non-hydrogen) atoms. The van der Waals surface area contributed by atoms with Gasteiger partial charge < -0.3 is 15.4 Å². The van der Waals surface area contributed by atoms with Crippen LogP contribution in [-0.2, 0) is 4.74 Å². The summed E-state index contributed by atoms with van der Waals surface area (Å²) in [4.78, 5) is 0. The minimum absolute atomic E-state index is 0.301. The fraction of sp³-hybridized carbons (Fsp3) is 1.00. The predicted molar refractivity (Wildman–Crippen MR) is 81.8 cm³/mol. The Morgan fingerprint density at radius 2 is 1.88 bits per heavy atom. The molecular formula is C12H28N2OS2. The predicted octanol–water partition coefficient (Wildman–Crippen LogP) is 2.73. The smallest absolute Gasteiger partial charge is 0.110 e. The Kier molecular flexibility index (Phi) is 13.5. The van der Waals surface area contributed by atoms with E-state index in [9.17, 15) is 0 Å². The number of nitrogens with one attached hydrogen (secondary N) is 2. The second kappa shape index (κ2) is 13.0. The molecule has 0 radical (unpaired) electrons. The molecule has 5 heteroatoms. The summed E-state index contributed by atoms with van der Waals surface area (Å²) in [5.74, 6) is 1.13. The third-order valence-electron chi connectivity index (χ3n) is 2.12. The molecule has 104 valence electrons. The lowest BCUT2D eigenvalue weighted by Crippen LogP contribution is -2.23. The van der Waals surface area contributed by atoms with E-state index in [1.807, 2.05) is 28.6 Å². The molecule has 1 unspecified atom stereocenters. The van der Waals surface area contributed by atoms with Crippen molar-refractivity contribution in [2.24, 2.45) is 0 Å². The number of rotatable bonds is 12. The van der Waals surface area contributed by atoms with E-state index in [2.05, 4.69) is 31.4 Å². The van der Waals surface area contributed by atoms with E-state index >= 15 is 0 Å². The van der Waals surface area contributed by atoms with Crippen molar-refractivity contribution in [1.29, 1.82) is 0 Å². The highest BCUT2D eigenvalue weighted by Gasteiger charge is 2.02. The van der Waals surface area contributed by atoms with Crippen LogP contribution in [-0.4, -0.2) is 44.0 Å². The summed E-state index contributed by atoms with van der Waals surface area (Å²) < 4.78 is 5.72. The van der Waals surface area contributed by atoms with E-state index in [0.717, 1.165) is 31.9 Å². The van der Waals surface area contributed by atoms with Gasteiger partial charge in [-0.2, -0.15) is 0 Å². The average Bonchev–Trinajstić information content (AvgIpc) is 2.29. The Morgan fingerprint density at radius 3 is 2.53 bits per heavy atom. The third kappa shape index (κ3) is 14.5. The van der Waals surface area contributed by atoms with Crippen molar-refractivity contribution >= 4 is 21.6 Å². The van der Waals surface area contributed by atoms with E-state index in [-0.39, 0.29) is 0 Å². The highest BCUT2D eigenvalue weighted by atomic mass is 33.1. The maximum absolute atomic E-state index is 5.72. The number of hydrogen-bond acceptors (Lipinski definition) is 5. The van der Waals surface area contributed by atoms with E-state index in [1.165, 1.54) is 6.42 Å². The van der Waals surface area contributed by atoms with Gasteiger partial charge in [-0.3, -0.25) is 0 Å². The highest BCUT2D eigenvalue weighted by Crippen LogP contribution is 2.26. The molecule has 0 saturated heterocycles. The first-order valence-electron chi connectivity index (χ1n) is 6.44. The fourth-order valence-electron chi connectivity index (χ4n) is 1.18. The average molecular weight is 281 g/mol. The summed E-state index contributed by atoms with van der Waals surface area (Å²) in [6.45, 7) is 9.52. The van der Waals surface area contributed by atoms with Crippen LogP contribution in [0, 0.1) is 0 Å². The minimum atomic E-state index is 0.301. The summed E-state index contributed by atoms with van der Waals surface area (Å²) in [7, 11) is 5.68. The van der Waals surface area contributed by atoms with Crippen LogP contribution < -0.4 is 10.6 Å². The number of unbranched alkanes of at least 4 members (excludes halogenated alkanes) is 1. The maximum Gasteiger partial charge on any atom is 0.110 e. The van der Waals surface area contributed by atoms with Crippen LogP contribution in [0.25, 0.3) is 0 Å². The Morgan fingerprint density at radius 1 is 1.12 bits per heavy atom. The van der Waals surface area contributed by atoms with Gasteiger partial charge in [-0.1, -0.05) is 35.4 Å². The van der Waals surface area contributed by atoms with Crippen molar-refractivity contribution in [3.63, 3.8) is 0 Å². The normalized spacial score (nSPS) is 13.2. The fourth-order valence-corrected chi connectivity index (χ4v) is 3.19. The summed E-state index contributed by atoms with van der Waals surface area (Å²) in [6, 6.07) is 0.592. The second-order valence-corrected chi connectivity index (χ2v) is 7.06. The molecule has 0 heterocycles. The van der Waals surface area contributed by atoms with Gasteiger partial charge in [0, 0.05) is 24.9 Å². The van der Waals surface area contributed by atoms with Crippen LogP contribution in [0.3, 0.4) is 0 Å². The molecule has 0 aromatic carbocycles. The molecule has 0 fully saturated rings. The summed E-state index contributed by atoms with van der Waals surface area (Å²) >= 11 is 0. The molecule has 3 nitrogen and oxygen atoms in total. The monoisotopic (exact) mass is 280 g/mol. The Hall–Kier alpha value is 0.580. The van der Waals surface area contributed by atoms with Crippen LogP contribution in [0.5, 0.6) is 0 Å². The molecule has 2 N–H and O–H groups in total. The molecule has 0 saturated carbocycles. The Labute approximate surface area is 115 Å². The molecule has 0 aliphatic heterocycles. The van der Waals surface area contributed by atoms with Gasteiger partial charge in [0.15, 0.2) is 0 Å². The van der Waals surface area contributed by atoms with Gasteiger partial charge in [0.2, 0.25) is 0 Å². The number of ether oxygens (including phenoxy) is 1. The zero-order chi connectivity index (χ0) is 12.9. The first-order valence-corrected chi connectivity index (χ1v) is 8.83. The molecular weight excluding hydrogens is 252 g/mol. The molecule has 0 aromatic heterocycles. The van der Waals surface area contributed by atoms with Crippen molar-refractivity contribution in [1.82, 2.24) is 10.6 Å². The quantitative estimate of drug-likeness (QED) is 0.326. The molecule has 0 aromatic rings. The first-order chi connectivity index (χ1) is 8.16. The van der Waals surface area contributed by atoms with Crippen molar-refractivity contribution in [3.8, 4) is 0 Å². The summed E-state index contributed by atoms with van der Waals surface area (Å²) in [5.41, 5.74) is 0.301. The van der Waals surface area contributed by atoms with Crippen LogP contribution >= 0.6 is 21.6 Å². The topological polar surface area (TPSA) is 33.3 Å². The van der Waals surface area contributed by atoms with E-state index in [4.69, 9.17) is 4.74 Å². The van der Waals surface area contributed by atoms with Gasteiger partial charge in [-0.25, -0.2) is 0 Å². The van der Waals surface area contributed by atoms with E-state index in [1.54, 1.807) is 0 Å². The van der Waals surface area contributed by atoms with Gasteiger partial charge in [0.1, 0.15) is 5.44 Å². The molecule has 0 spiro atoms. The molecule has 0 bridgehead atoms. The minimum Gasteiger partial charge on any atom is -0.367 e. The van der Waals surface area contributed by atoms with Crippen LogP contribution in [0.2, 0.25) is 0 Å². The van der Waals surface area contributed by atoms with Crippen molar-refractivity contribution in [2.75, 3.05) is 32.5 Å². The molecule has 1 atom stereocenters. The third-order valence-corrected chi connectivity index (χ3v) is 4.75. The number of hydrogen-bond donors (Lipinski definition) is 2. The van der Waals surface area contributed by atoms with Crippen molar-refractivity contribution in [3.05, 3.63) is 0 Å². The molecule has 0 amide bonds. The first kappa shape index (κ1) is 17.6. The van der Waals surface area contributed by atoms with Gasteiger partial charge in [-0.15, -0.1) is 0 Å². The Bertz CT molecular complexity index is 159. The Balaban J connectivity index is 3.13. The van der Waals surface area contributed by atoms with Crippen LogP contribution in [0.1, 0.15) is 33.6 Å². The lowest BCUT2D eigenvalue weighted by Gasteiger charge is -2.12. The van der Waals surface area contributed by atoms with E-state index in [0.29, 0.717) is 11.5 Å². The van der Waals surface area contributed by atoms with Gasteiger partial charge >= 0.3 is 0 Å². The highest BCUT2D eigenvalue weighted by molar-refractivity contribution is 8.76. The van der Waals surface area contributed by atoms with Gasteiger partial charge in [0.05, 0.1) is 0 Å². The van der Waals surface area contributed by atoms with Crippen LogP contribution in [0.15, 0.2) is 0 Å². The van der Waals surface area contributed by atoms with Gasteiger partial charge in [0.25, 0.3) is 0 Å². The molecule has 0 rings (SSSR count). The van der Waals surface area contributed by atoms with Crippen molar-refractivity contribution < 1.29 is 4.74 Å².